The quantitative estimate of drug-likeness (QED) is 0.718. The second kappa shape index (κ2) is 5.85. The summed E-state index contributed by atoms with van der Waals surface area (Å²) in [6.07, 6.45) is 1.76. The Morgan fingerprint density at radius 1 is 1.33 bits per heavy atom. The summed E-state index contributed by atoms with van der Waals surface area (Å²) in [5.74, 6) is -2.58. The van der Waals surface area contributed by atoms with Crippen molar-refractivity contribution < 1.29 is 19.8 Å². The Labute approximate surface area is 108 Å². The van der Waals surface area contributed by atoms with Gasteiger partial charge in [0, 0.05) is 6.20 Å². The van der Waals surface area contributed by atoms with E-state index < -0.39 is 17.6 Å². The number of carbonyl (C=O) groups is 2. The summed E-state index contributed by atoms with van der Waals surface area (Å²) in [4.78, 5) is 25.0. The van der Waals surface area contributed by atoms with Gasteiger partial charge in [0.15, 0.2) is 5.69 Å². The molecule has 0 bridgehead atoms. The van der Waals surface area contributed by atoms with Crippen LogP contribution in [0.5, 0.6) is 0 Å². The molecule has 1 aromatic rings. The van der Waals surface area contributed by atoms with Crippen molar-refractivity contribution in [1.29, 1.82) is 0 Å². The van der Waals surface area contributed by atoms with Crippen molar-refractivity contribution in [3.8, 4) is 0 Å². The molecule has 5 nitrogen and oxygen atoms in total. The fourth-order valence-corrected chi connectivity index (χ4v) is 1.20. The predicted molar refractivity (Wildman–Crippen MR) is 54.7 cm³/mol. The van der Waals surface area contributed by atoms with Crippen LogP contribution in [0.4, 0.5) is 0 Å². The molecule has 0 saturated carbocycles. The van der Waals surface area contributed by atoms with Gasteiger partial charge in [-0.1, -0.05) is 6.92 Å². The Hall–Kier alpha value is -0.910. The van der Waals surface area contributed by atoms with Gasteiger partial charge in [-0.25, -0.2) is 14.6 Å². The molecule has 0 fully saturated rings. The molecule has 0 aromatic carbocycles. The van der Waals surface area contributed by atoms with E-state index in [0.717, 1.165) is 0 Å². The fraction of sp³-hybridized carbons (Fsp3) is 0.222. The van der Waals surface area contributed by atoms with E-state index in [0.29, 0.717) is 12.0 Å². The van der Waals surface area contributed by atoms with Crippen molar-refractivity contribution in [2.45, 2.75) is 13.3 Å². The molecule has 1 rings (SSSR count). The van der Waals surface area contributed by atoms with Crippen LogP contribution in [0.1, 0.15) is 33.3 Å². The Morgan fingerprint density at radius 2 is 1.93 bits per heavy atom. The molecular weight excluding hydrogens is 209 g/mol. The summed E-state index contributed by atoms with van der Waals surface area (Å²) in [5.41, 5.74) is -0.149. The van der Waals surface area contributed by atoms with Crippen LogP contribution >= 0.6 is 0 Å². The molecule has 0 aliphatic heterocycles. The molecule has 0 atom stereocenters. The van der Waals surface area contributed by atoms with Gasteiger partial charge in [0.05, 0.1) is 5.56 Å². The molecule has 0 radical (unpaired) electrons. The van der Waals surface area contributed by atoms with Crippen molar-refractivity contribution in [3.63, 3.8) is 0 Å². The third kappa shape index (κ3) is 3.02. The van der Waals surface area contributed by atoms with Crippen molar-refractivity contribution in [2.75, 3.05) is 0 Å². The third-order valence-electron chi connectivity index (χ3n) is 1.83. The maximum atomic E-state index is 10.8. The maximum absolute atomic E-state index is 10.8. The molecule has 76 valence electrons. The second-order valence-electron chi connectivity index (χ2n) is 2.66. The molecular formula is C9H10NNaO4. The number of pyridine rings is 1. The number of hydrogen-bond donors (Lipinski definition) is 2. The van der Waals surface area contributed by atoms with Gasteiger partial charge in [0.2, 0.25) is 0 Å². The van der Waals surface area contributed by atoms with Gasteiger partial charge in [0.25, 0.3) is 0 Å². The van der Waals surface area contributed by atoms with Crippen LogP contribution in [0.25, 0.3) is 0 Å². The Bertz CT molecular complexity index is 392. The molecule has 15 heavy (non-hydrogen) atoms. The normalized spacial score (nSPS) is 9.13. The number of aromatic carboxylic acids is 2. The number of aromatic nitrogens is 1. The van der Waals surface area contributed by atoms with E-state index in [-0.39, 0.29) is 35.1 Å². The number of carboxylic acids is 2. The first-order valence-corrected chi connectivity index (χ1v) is 4.02. The molecule has 0 unspecified atom stereocenters. The van der Waals surface area contributed by atoms with Gasteiger partial charge in [-0.05, 0) is 18.1 Å². The number of carboxylic acid groups (broad SMARTS) is 2. The molecule has 2 N–H and O–H groups in total. The van der Waals surface area contributed by atoms with Crippen LogP contribution in [0.15, 0.2) is 12.3 Å². The van der Waals surface area contributed by atoms with Crippen LogP contribution < -0.4 is 0 Å². The first-order chi connectivity index (χ1) is 6.57. The summed E-state index contributed by atoms with van der Waals surface area (Å²) in [6.45, 7) is 1.76. The standard InChI is InChI=1S/C9H9NO4.Na.H/c1-2-5-3-4-10-7(9(13)14)6(5)8(11)12;;/h3-4H,2H2,1H3,(H,11,12)(H,13,14);;. The van der Waals surface area contributed by atoms with Crippen molar-refractivity contribution in [2.24, 2.45) is 0 Å². The van der Waals surface area contributed by atoms with Gasteiger partial charge in [-0.3, -0.25) is 0 Å². The molecule has 0 saturated heterocycles. The first kappa shape index (κ1) is 14.1. The van der Waals surface area contributed by atoms with Crippen LogP contribution in [0, 0.1) is 0 Å². The van der Waals surface area contributed by atoms with E-state index in [2.05, 4.69) is 4.98 Å². The zero-order valence-electron chi connectivity index (χ0n) is 7.52. The number of rotatable bonds is 3. The Morgan fingerprint density at radius 3 is 2.33 bits per heavy atom. The molecule has 0 amide bonds. The fourth-order valence-electron chi connectivity index (χ4n) is 1.20. The summed E-state index contributed by atoms with van der Waals surface area (Å²) >= 11 is 0. The second-order valence-corrected chi connectivity index (χ2v) is 2.66. The van der Waals surface area contributed by atoms with Crippen LogP contribution in [-0.2, 0) is 6.42 Å². The van der Waals surface area contributed by atoms with Crippen LogP contribution in [0.3, 0.4) is 0 Å². The molecule has 0 aliphatic rings. The zero-order valence-corrected chi connectivity index (χ0v) is 7.52. The average Bonchev–Trinajstić information content (AvgIpc) is 2.16. The van der Waals surface area contributed by atoms with Crippen molar-refractivity contribution in [1.82, 2.24) is 4.98 Å². The monoisotopic (exact) mass is 219 g/mol. The number of nitrogens with zero attached hydrogens (tertiary/aromatic N) is 1. The third-order valence-corrected chi connectivity index (χ3v) is 1.83. The molecule has 1 heterocycles. The number of aryl methyl sites for hydroxylation is 1. The van der Waals surface area contributed by atoms with E-state index in [1.807, 2.05) is 0 Å². The Balaban J connectivity index is 0.00000196. The van der Waals surface area contributed by atoms with Gasteiger partial charge >= 0.3 is 41.5 Å². The van der Waals surface area contributed by atoms with Gasteiger partial charge in [0.1, 0.15) is 0 Å². The van der Waals surface area contributed by atoms with Crippen molar-refractivity contribution >= 4 is 41.5 Å². The predicted octanol–water partition coefficient (Wildman–Crippen LogP) is 0.392. The Kier molecular flexibility index (Phi) is 5.49. The van der Waals surface area contributed by atoms with Gasteiger partial charge in [-0.2, -0.15) is 0 Å². The van der Waals surface area contributed by atoms with E-state index in [1.54, 1.807) is 6.92 Å². The van der Waals surface area contributed by atoms with E-state index >= 15 is 0 Å². The molecule has 0 aliphatic carbocycles. The average molecular weight is 219 g/mol. The van der Waals surface area contributed by atoms with Crippen molar-refractivity contribution in [3.05, 3.63) is 29.1 Å². The number of hydrogen-bond acceptors (Lipinski definition) is 3. The van der Waals surface area contributed by atoms with Gasteiger partial charge in [-0.15, -0.1) is 0 Å². The molecule has 6 heteroatoms. The molecule has 1 aromatic heterocycles. The minimum absolute atomic E-state index is 0. The van der Waals surface area contributed by atoms with E-state index in [1.165, 1.54) is 12.3 Å². The SMILES string of the molecule is CCc1ccnc(C(=O)O)c1C(=O)O.[NaH]. The summed E-state index contributed by atoms with van der Waals surface area (Å²) in [6, 6.07) is 1.51. The topological polar surface area (TPSA) is 87.5 Å². The summed E-state index contributed by atoms with van der Waals surface area (Å²) in [5, 5.41) is 17.5. The van der Waals surface area contributed by atoms with E-state index in [9.17, 15) is 9.59 Å². The van der Waals surface area contributed by atoms with Crippen LogP contribution in [0.2, 0.25) is 0 Å². The van der Waals surface area contributed by atoms with E-state index in [4.69, 9.17) is 10.2 Å². The van der Waals surface area contributed by atoms with Crippen LogP contribution in [-0.4, -0.2) is 56.7 Å². The first-order valence-electron chi connectivity index (χ1n) is 4.02. The summed E-state index contributed by atoms with van der Waals surface area (Å²) in [7, 11) is 0. The zero-order chi connectivity index (χ0) is 10.7. The molecule has 0 spiro atoms. The summed E-state index contributed by atoms with van der Waals surface area (Å²) < 4.78 is 0. The van der Waals surface area contributed by atoms with Gasteiger partial charge < -0.3 is 10.2 Å². The minimum atomic E-state index is -1.32.